The summed E-state index contributed by atoms with van der Waals surface area (Å²) in [5.41, 5.74) is 1.07. The topological polar surface area (TPSA) is 18.5 Å². The Bertz CT molecular complexity index is 331. The summed E-state index contributed by atoms with van der Waals surface area (Å²) in [4.78, 5) is 0. The van der Waals surface area contributed by atoms with Crippen molar-refractivity contribution in [2.75, 3.05) is 13.7 Å². The second kappa shape index (κ2) is 7.15. The monoisotopic (exact) mass is 306 g/mol. The van der Waals surface area contributed by atoms with Gasteiger partial charge < -0.3 is 9.47 Å². The molecule has 0 fully saturated rings. The molecule has 2 nitrogen and oxygen atoms in total. The van der Waals surface area contributed by atoms with Gasteiger partial charge in [-0.2, -0.15) is 0 Å². The van der Waals surface area contributed by atoms with Crippen molar-refractivity contribution in [3.8, 4) is 5.75 Å². The lowest BCUT2D eigenvalue weighted by Crippen LogP contribution is -2.14. The third-order valence-corrected chi connectivity index (χ3v) is 3.06. The van der Waals surface area contributed by atoms with E-state index in [4.69, 9.17) is 21.1 Å². The molecule has 90 valence electrons. The van der Waals surface area contributed by atoms with Gasteiger partial charge in [0.25, 0.3) is 0 Å². The molecule has 1 aromatic carbocycles. The molecule has 16 heavy (non-hydrogen) atoms. The summed E-state index contributed by atoms with van der Waals surface area (Å²) in [6.07, 6.45) is 1.01. The second-order valence-electron chi connectivity index (χ2n) is 3.60. The van der Waals surface area contributed by atoms with Crippen molar-refractivity contribution in [3.05, 3.63) is 28.8 Å². The third-order valence-electron chi connectivity index (χ3n) is 2.22. The summed E-state index contributed by atoms with van der Waals surface area (Å²) in [6.45, 7) is 2.74. The largest absolute Gasteiger partial charge is 0.490 e. The lowest BCUT2D eigenvalue weighted by atomic mass is 10.2. The van der Waals surface area contributed by atoms with Gasteiger partial charge in [0.1, 0.15) is 5.75 Å². The van der Waals surface area contributed by atoms with Crippen molar-refractivity contribution in [2.45, 2.75) is 24.8 Å². The van der Waals surface area contributed by atoms with Crippen molar-refractivity contribution < 1.29 is 9.47 Å². The quantitative estimate of drug-likeness (QED) is 0.739. The molecule has 1 aromatic rings. The normalized spacial score (nSPS) is 12.5. The Balaban J connectivity index is 2.65. The van der Waals surface area contributed by atoms with Gasteiger partial charge in [-0.3, -0.25) is 0 Å². The number of hydrogen-bond donors (Lipinski definition) is 0. The number of halogens is 2. The highest BCUT2D eigenvalue weighted by atomic mass is 79.9. The van der Waals surface area contributed by atoms with Crippen LogP contribution < -0.4 is 4.74 Å². The summed E-state index contributed by atoms with van der Waals surface area (Å²) in [6, 6.07) is 5.66. The van der Waals surface area contributed by atoms with Crippen LogP contribution >= 0.6 is 27.5 Å². The minimum absolute atomic E-state index is 0.138. The highest BCUT2D eigenvalue weighted by Gasteiger charge is 2.08. The molecule has 0 aliphatic carbocycles. The number of benzene rings is 1. The van der Waals surface area contributed by atoms with Gasteiger partial charge in [-0.1, -0.05) is 27.5 Å². The van der Waals surface area contributed by atoms with E-state index in [-0.39, 0.29) is 6.10 Å². The van der Waals surface area contributed by atoms with Gasteiger partial charge in [-0.25, -0.2) is 0 Å². The molecule has 0 saturated carbocycles. The van der Waals surface area contributed by atoms with Gasteiger partial charge in [0.2, 0.25) is 0 Å². The predicted octanol–water partition coefficient (Wildman–Crippen LogP) is 4.04. The second-order valence-corrected chi connectivity index (χ2v) is 4.59. The summed E-state index contributed by atoms with van der Waals surface area (Å²) >= 11 is 9.34. The molecule has 0 aliphatic rings. The Labute approximate surface area is 110 Å². The van der Waals surface area contributed by atoms with Crippen LogP contribution in [0.2, 0.25) is 5.02 Å². The van der Waals surface area contributed by atoms with E-state index in [1.54, 1.807) is 7.11 Å². The minimum atomic E-state index is 0.138. The standard InChI is InChI=1S/C12H16BrClO2/c1-9(5-6-15-2)16-12-4-3-11(14)7-10(12)8-13/h3-4,7,9H,5-6,8H2,1-2H3. The Hall–Kier alpha value is -0.250. The van der Waals surface area contributed by atoms with Crippen LogP contribution in [0, 0.1) is 0 Å². The lowest BCUT2D eigenvalue weighted by Gasteiger charge is -2.16. The number of ether oxygens (including phenoxy) is 2. The van der Waals surface area contributed by atoms with Crippen LogP contribution in [-0.4, -0.2) is 19.8 Å². The molecular formula is C12H16BrClO2. The van der Waals surface area contributed by atoms with Crippen LogP contribution in [0.5, 0.6) is 5.75 Å². The molecule has 0 heterocycles. The van der Waals surface area contributed by atoms with Gasteiger partial charge in [-0.05, 0) is 25.1 Å². The summed E-state index contributed by atoms with van der Waals surface area (Å²) < 4.78 is 10.8. The average molecular weight is 308 g/mol. The van der Waals surface area contributed by atoms with Crippen LogP contribution in [0.3, 0.4) is 0 Å². The van der Waals surface area contributed by atoms with Gasteiger partial charge in [0, 0.05) is 36.1 Å². The molecule has 0 aliphatic heterocycles. The molecular weight excluding hydrogens is 291 g/mol. The molecule has 0 spiro atoms. The zero-order valence-electron chi connectivity index (χ0n) is 9.50. The third kappa shape index (κ3) is 4.32. The van der Waals surface area contributed by atoms with Crippen molar-refractivity contribution in [1.29, 1.82) is 0 Å². The first-order chi connectivity index (χ1) is 7.67. The fourth-order valence-corrected chi connectivity index (χ4v) is 1.96. The Morgan fingerprint density at radius 3 is 2.81 bits per heavy atom. The minimum Gasteiger partial charge on any atom is -0.490 e. The van der Waals surface area contributed by atoms with Gasteiger partial charge in [0.15, 0.2) is 0 Å². The molecule has 0 aromatic heterocycles. The molecule has 1 atom stereocenters. The maximum absolute atomic E-state index is 5.92. The zero-order chi connectivity index (χ0) is 12.0. The first-order valence-corrected chi connectivity index (χ1v) is 6.67. The number of rotatable bonds is 6. The molecule has 4 heteroatoms. The zero-order valence-corrected chi connectivity index (χ0v) is 11.8. The highest BCUT2D eigenvalue weighted by Crippen LogP contribution is 2.26. The maximum Gasteiger partial charge on any atom is 0.123 e. The van der Waals surface area contributed by atoms with E-state index in [9.17, 15) is 0 Å². The average Bonchev–Trinajstić information content (AvgIpc) is 2.28. The van der Waals surface area contributed by atoms with E-state index in [1.165, 1.54) is 0 Å². The molecule has 0 N–H and O–H groups in total. The smallest absolute Gasteiger partial charge is 0.123 e. The fourth-order valence-electron chi connectivity index (χ4n) is 1.33. The van der Waals surface area contributed by atoms with E-state index < -0.39 is 0 Å². The molecule has 0 saturated heterocycles. The van der Waals surface area contributed by atoms with E-state index in [0.29, 0.717) is 6.61 Å². The first kappa shape index (κ1) is 13.8. The van der Waals surface area contributed by atoms with Gasteiger partial charge in [0.05, 0.1) is 6.10 Å². The highest BCUT2D eigenvalue weighted by molar-refractivity contribution is 9.08. The Kier molecular flexibility index (Phi) is 6.17. The molecule has 0 amide bonds. The predicted molar refractivity (Wildman–Crippen MR) is 70.7 cm³/mol. The molecule has 0 radical (unpaired) electrons. The number of hydrogen-bond acceptors (Lipinski definition) is 2. The van der Waals surface area contributed by atoms with E-state index in [0.717, 1.165) is 28.1 Å². The summed E-state index contributed by atoms with van der Waals surface area (Å²) in [7, 11) is 1.69. The molecule has 1 rings (SSSR count). The van der Waals surface area contributed by atoms with Crippen LogP contribution in [0.4, 0.5) is 0 Å². The molecule has 1 unspecified atom stereocenters. The Morgan fingerprint density at radius 1 is 1.44 bits per heavy atom. The van der Waals surface area contributed by atoms with Crippen LogP contribution in [0.25, 0.3) is 0 Å². The van der Waals surface area contributed by atoms with Gasteiger partial charge in [-0.15, -0.1) is 0 Å². The fraction of sp³-hybridized carbons (Fsp3) is 0.500. The van der Waals surface area contributed by atoms with Crippen molar-refractivity contribution in [3.63, 3.8) is 0 Å². The lowest BCUT2D eigenvalue weighted by molar-refractivity contribution is 0.134. The van der Waals surface area contributed by atoms with Crippen molar-refractivity contribution in [1.82, 2.24) is 0 Å². The van der Waals surface area contributed by atoms with E-state index in [1.807, 2.05) is 25.1 Å². The van der Waals surface area contributed by atoms with Crippen molar-refractivity contribution in [2.24, 2.45) is 0 Å². The first-order valence-electron chi connectivity index (χ1n) is 5.17. The van der Waals surface area contributed by atoms with Crippen LogP contribution in [0.15, 0.2) is 18.2 Å². The van der Waals surface area contributed by atoms with Crippen LogP contribution in [-0.2, 0) is 10.1 Å². The number of alkyl halides is 1. The Morgan fingerprint density at radius 2 is 2.19 bits per heavy atom. The maximum atomic E-state index is 5.92. The summed E-state index contributed by atoms with van der Waals surface area (Å²) in [5, 5.41) is 1.46. The van der Waals surface area contributed by atoms with Crippen molar-refractivity contribution >= 4 is 27.5 Å². The molecule has 0 bridgehead atoms. The SMILES string of the molecule is COCCC(C)Oc1ccc(Cl)cc1CBr. The summed E-state index contributed by atoms with van der Waals surface area (Å²) in [5.74, 6) is 0.880. The van der Waals surface area contributed by atoms with Crippen LogP contribution in [0.1, 0.15) is 18.9 Å². The van der Waals surface area contributed by atoms with E-state index >= 15 is 0 Å². The van der Waals surface area contributed by atoms with Gasteiger partial charge >= 0.3 is 0 Å². The number of methoxy groups -OCH3 is 1. The van der Waals surface area contributed by atoms with E-state index in [2.05, 4.69) is 15.9 Å².